The monoisotopic (exact) mass is 471 g/mol. The first-order valence-electron chi connectivity index (χ1n) is 10.9. The molecule has 1 fully saturated rings. The van der Waals surface area contributed by atoms with Gasteiger partial charge in [0.05, 0.1) is 11.1 Å². The third kappa shape index (κ3) is 6.22. The van der Waals surface area contributed by atoms with E-state index in [1.807, 2.05) is 12.1 Å². The summed E-state index contributed by atoms with van der Waals surface area (Å²) in [5, 5.41) is 7.29. The summed E-state index contributed by atoms with van der Waals surface area (Å²) >= 11 is 0. The molecular weight excluding hydrogens is 447 g/mol. The number of hydrogen-bond acceptors (Lipinski definition) is 6. The predicted molar refractivity (Wildman–Crippen MR) is 121 cm³/mol. The quantitative estimate of drug-likeness (QED) is 0.497. The molecule has 34 heavy (non-hydrogen) atoms. The average molecular weight is 471 g/mol. The number of benzene rings is 1. The van der Waals surface area contributed by atoms with Crippen LogP contribution in [0.1, 0.15) is 40.7 Å². The molecule has 0 saturated carbocycles. The molecule has 0 radical (unpaired) electrons. The second-order valence-corrected chi connectivity index (χ2v) is 7.89. The Hall–Kier alpha value is -3.66. The summed E-state index contributed by atoms with van der Waals surface area (Å²) in [4.78, 5) is 26.8. The molecule has 1 saturated heterocycles. The molecule has 0 unspecified atom stereocenters. The first-order valence-corrected chi connectivity index (χ1v) is 10.9. The third-order valence-corrected chi connectivity index (χ3v) is 5.30. The number of hydroxylamine groups is 2. The molecule has 4 rings (SSSR count). The van der Waals surface area contributed by atoms with Crippen molar-refractivity contribution in [2.45, 2.75) is 32.0 Å². The lowest BCUT2D eigenvalue weighted by molar-refractivity contribution is -0.138. The summed E-state index contributed by atoms with van der Waals surface area (Å²) in [6.45, 7) is 1.68. The number of pyridine rings is 2. The van der Waals surface area contributed by atoms with E-state index in [1.165, 1.54) is 12.3 Å². The van der Waals surface area contributed by atoms with E-state index in [0.717, 1.165) is 37.0 Å². The maximum absolute atomic E-state index is 13.5. The van der Waals surface area contributed by atoms with Crippen molar-refractivity contribution < 1.29 is 22.8 Å². The molecule has 0 aliphatic carbocycles. The first-order chi connectivity index (χ1) is 16.4. The van der Waals surface area contributed by atoms with Gasteiger partial charge in [0.2, 0.25) is 0 Å². The zero-order chi connectivity index (χ0) is 24.0. The van der Waals surface area contributed by atoms with E-state index < -0.39 is 17.6 Å². The van der Waals surface area contributed by atoms with Crippen LogP contribution in [0, 0.1) is 0 Å². The van der Waals surface area contributed by atoms with Crippen molar-refractivity contribution in [2.75, 3.05) is 23.7 Å². The van der Waals surface area contributed by atoms with Crippen LogP contribution in [-0.4, -0.2) is 34.0 Å². The molecule has 3 aromatic rings. The molecule has 0 atom stereocenters. The highest BCUT2D eigenvalue weighted by molar-refractivity contribution is 6.07. The largest absolute Gasteiger partial charge is 0.416 e. The van der Waals surface area contributed by atoms with Crippen LogP contribution < -0.4 is 15.5 Å². The lowest BCUT2D eigenvalue weighted by atomic mass is 10.1. The number of piperidine rings is 1. The van der Waals surface area contributed by atoms with Gasteiger partial charge in [-0.2, -0.15) is 13.2 Å². The molecule has 10 heteroatoms. The van der Waals surface area contributed by atoms with Gasteiger partial charge in [-0.3, -0.25) is 9.78 Å². The van der Waals surface area contributed by atoms with Crippen LogP contribution in [0.2, 0.25) is 0 Å². The second kappa shape index (κ2) is 10.5. The smallest absolute Gasteiger partial charge is 0.406 e. The standard InChI is InChI=1S/C24H24F3N5O2/c25-24(26,27)18-13-19(15-20(14-18)34-32-11-2-1-3-12-32)31-23(33)21-5-4-8-29-22(21)30-16-17-6-9-28-10-7-17/h4-10,13-15H,1-3,11-12,16H2,(H,29,30)(H,31,33). The fourth-order valence-corrected chi connectivity index (χ4v) is 3.61. The normalized spacial score (nSPS) is 14.4. The second-order valence-electron chi connectivity index (χ2n) is 7.89. The van der Waals surface area contributed by atoms with Crippen molar-refractivity contribution in [2.24, 2.45) is 0 Å². The molecule has 1 aliphatic rings. The van der Waals surface area contributed by atoms with Gasteiger partial charge in [-0.15, -0.1) is 5.06 Å². The Bertz CT molecular complexity index is 1120. The van der Waals surface area contributed by atoms with Crippen LogP contribution in [-0.2, 0) is 12.7 Å². The molecule has 3 heterocycles. The minimum Gasteiger partial charge on any atom is -0.406 e. The van der Waals surface area contributed by atoms with Gasteiger partial charge in [0.15, 0.2) is 0 Å². The Balaban J connectivity index is 1.53. The summed E-state index contributed by atoms with van der Waals surface area (Å²) in [6, 6.07) is 10.0. The fraction of sp³-hybridized carbons (Fsp3) is 0.292. The number of amides is 1. The number of rotatable bonds is 7. The predicted octanol–water partition coefficient (Wildman–Crippen LogP) is 5.14. The van der Waals surface area contributed by atoms with Crippen LogP contribution in [0.15, 0.2) is 61.1 Å². The molecule has 2 aromatic heterocycles. The van der Waals surface area contributed by atoms with Gasteiger partial charge in [-0.1, -0.05) is 6.42 Å². The van der Waals surface area contributed by atoms with Gasteiger partial charge in [-0.05, 0) is 54.8 Å². The average Bonchev–Trinajstić information content (AvgIpc) is 2.83. The minimum atomic E-state index is -4.59. The maximum Gasteiger partial charge on any atom is 0.416 e. The Labute approximate surface area is 194 Å². The summed E-state index contributed by atoms with van der Waals surface area (Å²) in [6.07, 6.45) is 3.14. The molecule has 0 bridgehead atoms. The number of anilines is 2. The van der Waals surface area contributed by atoms with Crippen LogP contribution in [0.25, 0.3) is 0 Å². The van der Waals surface area contributed by atoms with Gasteiger partial charge in [0.1, 0.15) is 11.6 Å². The van der Waals surface area contributed by atoms with E-state index >= 15 is 0 Å². The van der Waals surface area contributed by atoms with Gasteiger partial charge in [0, 0.05) is 50.0 Å². The molecule has 0 spiro atoms. The van der Waals surface area contributed by atoms with Crippen molar-refractivity contribution in [1.29, 1.82) is 0 Å². The molecule has 1 aliphatic heterocycles. The number of aromatic nitrogens is 2. The van der Waals surface area contributed by atoms with E-state index in [1.54, 1.807) is 29.6 Å². The Morgan fingerprint density at radius 1 is 1.03 bits per heavy atom. The van der Waals surface area contributed by atoms with Crippen molar-refractivity contribution >= 4 is 17.4 Å². The molecule has 2 N–H and O–H groups in total. The highest BCUT2D eigenvalue weighted by atomic mass is 19.4. The number of carbonyl (C=O) groups excluding carboxylic acids is 1. The molecule has 1 amide bonds. The minimum absolute atomic E-state index is 0.0178. The van der Waals surface area contributed by atoms with Crippen LogP contribution >= 0.6 is 0 Å². The number of nitrogens with one attached hydrogen (secondary N) is 2. The van der Waals surface area contributed by atoms with E-state index in [0.29, 0.717) is 25.5 Å². The number of halogens is 3. The zero-order valence-electron chi connectivity index (χ0n) is 18.3. The van der Waals surface area contributed by atoms with Crippen molar-refractivity contribution in [1.82, 2.24) is 15.0 Å². The lowest BCUT2D eigenvalue weighted by Crippen LogP contribution is -2.32. The Morgan fingerprint density at radius 3 is 2.53 bits per heavy atom. The first kappa shape index (κ1) is 23.5. The molecule has 7 nitrogen and oxygen atoms in total. The number of carbonyl (C=O) groups is 1. The highest BCUT2D eigenvalue weighted by Crippen LogP contribution is 2.35. The van der Waals surface area contributed by atoms with Gasteiger partial charge in [-0.25, -0.2) is 4.98 Å². The lowest BCUT2D eigenvalue weighted by Gasteiger charge is -2.26. The Morgan fingerprint density at radius 2 is 1.79 bits per heavy atom. The molecular formula is C24H24F3N5O2. The van der Waals surface area contributed by atoms with E-state index in [-0.39, 0.29) is 17.0 Å². The summed E-state index contributed by atoms with van der Waals surface area (Å²) in [5.74, 6) is -0.253. The number of alkyl halides is 3. The molecule has 1 aromatic carbocycles. The maximum atomic E-state index is 13.5. The van der Waals surface area contributed by atoms with Crippen molar-refractivity contribution in [3.63, 3.8) is 0 Å². The zero-order valence-corrected chi connectivity index (χ0v) is 18.3. The summed E-state index contributed by atoms with van der Waals surface area (Å²) in [5.41, 5.74) is 0.215. The van der Waals surface area contributed by atoms with Crippen LogP contribution in [0.4, 0.5) is 24.7 Å². The van der Waals surface area contributed by atoms with Gasteiger partial charge < -0.3 is 15.5 Å². The summed E-state index contributed by atoms with van der Waals surface area (Å²) in [7, 11) is 0. The van der Waals surface area contributed by atoms with E-state index in [4.69, 9.17) is 4.84 Å². The fourth-order valence-electron chi connectivity index (χ4n) is 3.61. The third-order valence-electron chi connectivity index (χ3n) is 5.30. The SMILES string of the molecule is O=C(Nc1cc(ON2CCCCC2)cc(C(F)(F)F)c1)c1cccnc1NCc1ccncc1. The van der Waals surface area contributed by atoms with Gasteiger partial charge in [0.25, 0.3) is 5.91 Å². The number of hydrogen-bond donors (Lipinski definition) is 2. The van der Waals surface area contributed by atoms with Crippen LogP contribution in [0.5, 0.6) is 5.75 Å². The van der Waals surface area contributed by atoms with E-state index in [2.05, 4.69) is 20.6 Å². The van der Waals surface area contributed by atoms with Gasteiger partial charge >= 0.3 is 6.18 Å². The summed E-state index contributed by atoms with van der Waals surface area (Å²) < 4.78 is 40.5. The van der Waals surface area contributed by atoms with Crippen LogP contribution in [0.3, 0.4) is 0 Å². The van der Waals surface area contributed by atoms with Crippen molar-refractivity contribution in [3.05, 3.63) is 77.7 Å². The highest BCUT2D eigenvalue weighted by Gasteiger charge is 2.32. The topological polar surface area (TPSA) is 79.4 Å². The molecule has 178 valence electrons. The Kier molecular flexibility index (Phi) is 7.27. The van der Waals surface area contributed by atoms with Crippen molar-refractivity contribution in [3.8, 4) is 5.75 Å². The van der Waals surface area contributed by atoms with E-state index in [9.17, 15) is 18.0 Å². The number of nitrogens with zero attached hydrogens (tertiary/aromatic N) is 3.